The summed E-state index contributed by atoms with van der Waals surface area (Å²) in [5.74, 6) is 0.459. The van der Waals surface area contributed by atoms with Gasteiger partial charge < -0.3 is 10.1 Å². The predicted molar refractivity (Wildman–Crippen MR) is 72.3 cm³/mol. The Balaban J connectivity index is 2.27. The summed E-state index contributed by atoms with van der Waals surface area (Å²) >= 11 is 0. The maximum Gasteiger partial charge on any atom is 0.261 e. The number of para-hydroxylation sites is 1. The van der Waals surface area contributed by atoms with Crippen molar-refractivity contribution in [1.29, 1.82) is 5.26 Å². The fourth-order valence-corrected chi connectivity index (χ4v) is 1.81. The van der Waals surface area contributed by atoms with Crippen molar-refractivity contribution < 1.29 is 9.53 Å². The molecule has 4 heteroatoms. The Morgan fingerprint density at radius 1 is 1.53 bits per heavy atom. The fourth-order valence-electron chi connectivity index (χ4n) is 1.81. The molecule has 1 aliphatic rings. The van der Waals surface area contributed by atoms with Crippen LogP contribution in [0.4, 0.5) is 0 Å². The van der Waals surface area contributed by atoms with E-state index in [4.69, 9.17) is 10.00 Å². The van der Waals surface area contributed by atoms with Crippen LogP contribution in [0.2, 0.25) is 0 Å². The number of nitriles is 1. The van der Waals surface area contributed by atoms with Crippen molar-refractivity contribution in [3.05, 3.63) is 47.1 Å². The standard InChI is InChI=1S/C15H14N2O2/c1-2-17-15(18)13(9-16)8-11-7-12-5-3-4-6-14(12)19-10-11/h3-8H,2,10H2,1H3,(H,17,18)/b13-8-. The minimum absolute atomic E-state index is 0.0936. The van der Waals surface area contributed by atoms with Gasteiger partial charge in [0.15, 0.2) is 0 Å². The molecule has 0 aliphatic carbocycles. The van der Waals surface area contributed by atoms with E-state index in [1.165, 1.54) is 0 Å². The molecule has 0 saturated carbocycles. The number of amides is 1. The van der Waals surface area contributed by atoms with E-state index >= 15 is 0 Å². The predicted octanol–water partition coefficient (Wildman–Crippen LogP) is 2.05. The minimum atomic E-state index is -0.357. The van der Waals surface area contributed by atoms with Gasteiger partial charge in [-0.15, -0.1) is 0 Å². The van der Waals surface area contributed by atoms with Crippen molar-refractivity contribution in [3.8, 4) is 11.8 Å². The first-order chi connectivity index (χ1) is 9.24. The van der Waals surface area contributed by atoms with Gasteiger partial charge >= 0.3 is 0 Å². The van der Waals surface area contributed by atoms with Gasteiger partial charge in [-0.25, -0.2) is 0 Å². The van der Waals surface area contributed by atoms with Crippen molar-refractivity contribution >= 4 is 12.0 Å². The van der Waals surface area contributed by atoms with Crippen LogP contribution in [0.25, 0.3) is 6.08 Å². The molecule has 0 bridgehead atoms. The smallest absolute Gasteiger partial charge is 0.261 e. The number of nitrogens with zero attached hydrogens (tertiary/aromatic N) is 1. The zero-order valence-electron chi connectivity index (χ0n) is 10.6. The summed E-state index contributed by atoms with van der Waals surface area (Å²) in [7, 11) is 0. The van der Waals surface area contributed by atoms with E-state index in [2.05, 4.69) is 5.32 Å². The molecule has 0 saturated heterocycles. The summed E-state index contributed by atoms with van der Waals surface area (Å²) in [6.45, 7) is 2.67. The van der Waals surface area contributed by atoms with Crippen LogP contribution >= 0.6 is 0 Å². The van der Waals surface area contributed by atoms with Gasteiger partial charge in [-0.2, -0.15) is 5.26 Å². The van der Waals surface area contributed by atoms with Crippen molar-refractivity contribution in [2.24, 2.45) is 0 Å². The first kappa shape index (κ1) is 12.9. The lowest BCUT2D eigenvalue weighted by molar-refractivity contribution is -0.117. The monoisotopic (exact) mass is 254 g/mol. The Labute approximate surface area is 112 Å². The number of fused-ring (bicyclic) bond motifs is 1. The molecule has 0 atom stereocenters. The van der Waals surface area contributed by atoms with E-state index in [1.54, 1.807) is 6.08 Å². The van der Waals surface area contributed by atoms with Gasteiger partial charge in [-0.3, -0.25) is 4.79 Å². The lowest BCUT2D eigenvalue weighted by atomic mass is 10.1. The van der Waals surface area contributed by atoms with E-state index in [9.17, 15) is 4.79 Å². The van der Waals surface area contributed by atoms with Crippen LogP contribution in [0, 0.1) is 11.3 Å². The lowest BCUT2D eigenvalue weighted by Crippen LogP contribution is -2.24. The Morgan fingerprint density at radius 2 is 2.32 bits per heavy atom. The highest BCUT2D eigenvalue weighted by atomic mass is 16.5. The van der Waals surface area contributed by atoms with E-state index in [0.29, 0.717) is 13.2 Å². The average molecular weight is 254 g/mol. The number of ether oxygens (including phenoxy) is 1. The molecule has 1 aliphatic heterocycles. The summed E-state index contributed by atoms with van der Waals surface area (Å²) in [5, 5.41) is 11.6. The zero-order valence-corrected chi connectivity index (χ0v) is 10.6. The van der Waals surface area contributed by atoms with Crippen molar-refractivity contribution in [2.75, 3.05) is 13.2 Å². The molecule has 1 aromatic rings. The highest BCUT2D eigenvalue weighted by Gasteiger charge is 2.12. The maximum absolute atomic E-state index is 11.6. The van der Waals surface area contributed by atoms with Gasteiger partial charge in [0.2, 0.25) is 0 Å². The first-order valence-electron chi connectivity index (χ1n) is 6.07. The van der Waals surface area contributed by atoms with Gasteiger partial charge in [0.05, 0.1) is 0 Å². The number of nitrogens with one attached hydrogen (secondary N) is 1. The molecule has 19 heavy (non-hydrogen) atoms. The van der Waals surface area contributed by atoms with Crippen LogP contribution in [0.5, 0.6) is 5.75 Å². The van der Waals surface area contributed by atoms with Gasteiger partial charge in [0.25, 0.3) is 5.91 Å². The Bertz CT molecular complexity index is 594. The molecule has 4 nitrogen and oxygen atoms in total. The lowest BCUT2D eigenvalue weighted by Gasteiger charge is -2.15. The van der Waals surface area contributed by atoms with Crippen LogP contribution in [0.1, 0.15) is 12.5 Å². The number of carbonyl (C=O) groups is 1. The number of likely N-dealkylation sites (N-methyl/N-ethyl adjacent to an activating group) is 1. The minimum Gasteiger partial charge on any atom is -0.488 e. The maximum atomic E-state index is 11.6. The molecular formula is C15H14N2O2. The van der Waals surface area contributed by atoms with Crippen molar-refractivity contribution in [3.63, 3.8) is 0 Å². The second-order valence-corrected chi connectivity index (χ2v) is 4.08. The Morgan fingerprint density at radius 3 is 3.05 bits per heavy atom. The highest BCUT2D eigenvalue weighted by molar-refractivity contribution is 5.98. The van der Waals surface area contributed by atoms with Crippen LogP contribution in [-0.4, -0.2) is 19.1 Å². The second kappa shape index (κ2) is 5.87. The summed E-state index contributed by atoms with van der Waals surface area (Å²) in [6.07, 6.45) is 3.50. The molecule has 0 fully saturated rings. The molecule has 0 radical (unpaired) electrons. The molecule has 1 aromatic carbocycles. The second-order valence-electron chi connectivity index (χ2n) is 4.08. The highest BCUT2D eigenvalue weighted by Crippen LogP contribution is 2.26. The van der Waals surface area contributed by atoms with Crippen LogP contribution in [0.3, 0.4) is 0 Å². The van der Waals surface area contributed by atoms with Crippen LogP contribution < -0.4 is 10.1 Å². The van der Waals surface area contributed by atoms with Crippen LogP contribution in [0.15, 0.2) is 41.5 Å². The van der Waals surface area contributed by atoms with Gasteiger partial charge in [0, 0.05) is 12.1 Å². The largest absolute Gasteiger partial charge is 0.488 e. The van der Waals surface area contributed by atoms with Gasteiger partial charge in [-0.1, -0.05) is 18.2 Å². The number of hydrogen-bond acceptors (Lipinski definition) is 3. The number of benzene rings is 1. The van der Waals surface area contributed by atoms with E-state index in [-0.39, 0.29) is 11.5 Å². The number of hydrogen-bond donors (Lipinski definition) is 1. The Kier molecular flexibility index (Phi) is 3.99. The van der Waals surface area contributed by atoms with Crippen molar-refractivity contribution in [1.82, 2.24) is 5.32 Å². The fraction of sp³-hybridized carbons (Fsp3) is 0.200. The molecular weight excluding hydrogens is 240 g/mol. The number of rotatable bonds is 3. The molecule has 2 rings (SSSR count). The topological polar surface area (TPSA) is 62.1 Å². The molecule has 0 aromatic heterocycles. The molecule has 96 valence electrons. The summed E-state index contributed by atoms with van der Waals surface area (Å²) in [4.78, 5) is 11.6. The van der Waals surface area contributed by atoms with Crippen LogP contribution in [-0.2, 0) is 4.79 Å². The SMILES string of the molecule is CCNC(=O)/C(C#N)=C\C1=Cc2ccccc2OC1. The molecule has 1 N–H and O–H groups in total. The van der Waals surface area contributed by atoms with Crippen molar-refractivity contribution in [2.45, 2.75) is 6.92 Å². The number of carbonyl (C=O) groups excluding carboxylic acids is 1. The van der Waals surface area contributed by atoms with E-state index < -0.39 is 0 Å². The van der Waals surface area contributed by atoms with Gasteiger partial charge in [0.1, 0.15) is 24.0 Å². The summed E-state index contributed by atoms with van der Waals surface area (Å²) in [5.41, 5.74) is 1.85. The van der Waals surface area contributed by atoms with E-state index in [1.807, 2.05) is 43.3 Å². The third-order valence-corrected chi connectivity index (χ3v) is 2.69. The molecule has 1 amide bonds. The third kappa shape index (κ3) is 3.02. The Hall–Kier alpha value is -2.54. The summed E-state index contributed by atoms with van der Waals surface area (Å²) < 4.78 is 5.57. The molecule has 1 heterocycles. The quantitative estimate of drug-likeness (QED) is 0.663. The normalized spacial score (nSPS) is 13.7. The zero-order chi connectivity index (χ0) is 13.7. The molecule has 0 unspecified atom stereocenters. The molecule has 0 spiro atoms. The van der Waals surface area contributed by atoms with Gasteiger partial charge in [-0.05, 0) is 30.7 Å². The third-order valence-electron chi connectivity index (χ3n) is 2.69. The van der Waals surface area contributed by atoms with E-state index in [0.717, 1.165) is 16.9 Å². The average Bonchev–Trinajstić information content (AvgIpc) is 2.44. The first-order valence-corrected chi connectivity index (χ1v) is 6.07. The summed E-state index contributed by atoms with van der Waals surface area (Å²) in [6, 6.07) is 9.55.